The summed E-state index contributed by atoms with van der Waals surface area (Å²) in [5, 5.41) is 0. The standard InChI is InChI=1S/C17H25BO4/c1-6-11-20-15(19)12-13-7-9-14(10-8-13)18-21-16(2,3)17(4,5)22-18/h7-10H,6,11-12H2,1-5H3. The van der Waals surface area contributed by atoms with Gasteiger partial charge >= 0.3 is 13.1 Å². The Kier molecular flexibility index (Phi) is 4.98. The van der Waals surface area contributed by atoms with Crippen LogP contribution in [0, 0.1) is 0 Å². The Morgan fingerprint density at radius 2 is 1.64 bits per heavy atom. The summed E-state index contributed by atoms with van der Waals surface area (Å²) in [6.07, 6.45) is 1.14. The number of hydrogen-bond acceptors (Lipinski definition) is 4. The van der Waals surface area contributed by atoms with Crippen molar-refractivity contribution in [2.45, 2.75) is 58.7 Å². The maximum atomic E-state index is 11.6. The molecule has 1 aromatic rings. The van der Waals surface area contributed by atoms with Crippen molar-refractivity contribution in [1.29, 1.82) is 0 Å². The van der Waals surface area contributed by atoms with Gasteiger partial charge in [-0.3, -0.25) is 4.79 Å². The van der Waals surface area contributed by atoms with Crippen molar-refractivity contribution in [1.82, 2.24) is 0 Å². The lowest BCUT2D eigenvalue weighted by Gasteiger charge is -2.32. The first-order chi connectivity index (χ1) is 10.2. The van der Waals surface area contributed by atoms with Crippen LogP contribution in [0.15, 0.2) is 24.3 Å². The van der Waals surface area contributed by atoms with Gasteiger partial charge in [-0.2, -0.15) is 0 Å². The molecule has 120 valence electrons. The molecule has 0 amide bonds. The summed E-state index contributed by atoms with van der Waals surface area (Å²) in [4.78, 5) is 11.6. The number of ether oxygens (including phenoxy) is 1. The van der Waals surface area contributed by atoms with Gasteiger partial charge < -0.3 is 14.0 Å². The minimum absolute atomic E-state index is 0.190. The van der Waals surface area contributed by atoms with Gasteiger partial charge in [0.05, 0.1) is 24.2 Å². The van der Waals surface area contributed by atoms with Crippen LogP contribution in [0.3, 0.4) is 0 Å². The molecule has 1 aliphatic heterocycles. The number of benzene rings is 1. The minimum atomic E-state index is -0.369. The largest absolute Gasteiger partial charge is 0.494 e. The predicted octanol–water partition coefficient (Wildman–Crippen LogP) is 2.48. The monoisotopic (exact) mass is 304 g/mol. The highest BCUT2D eigenvalue weighted by molar-refractivity contribution is 6.62. The molecule has 0 bridgehead atoms. The fourth-order valence-corrected chi connectivity index (χ4v) is 2.21. The van der Waals surface area contributed by atoms with Gasteiger partial charge in [-0.05, 0) is 45.1 Å². The van der Waals surface area contributed by atoms with Crippen LogP contribution in [0.4, 0.5) is 0 Å². The topological polar surface area (TPSA) is 44.8 Å². The van der Waals surface area contributed by atoms with Crippen LogP contribution in [0.2, 0.25) is 0 Å². The van der Waals surface area contributed by atoms with E-state index in [1.165, 1.54) is 0 Å². The van der Waals surface area contributed by atoms with Crippen LogP contribution in [0.25, 0.3) is 0 Å². The Balaban J connectivity index is 2.00. The van der Waals surface area contributed by atoms with Gasteiger partial charge in [0.15, 0.2) is 0 Å². The molecule has 1 fully saturated rings. The molecule has 0 N–H and O–H groups in total. The molecule has 0 atom stereocenters. The van der Waals surface area contributed by atoms with E-state index in [0.717, 1.165) is 17.4 Å². The second kappa shape index (κ2) is 6.43. The maximum Gasteiger partial charge on any atom is 0.494 e. The molecule has 5 heteroatoms. The van der Waals surface area contributed by atoms with Crippen LogP contribution >= 0.6 is 0 Å². The number of esters is 1. The predicted molar refractivity (Wildman–Crippen MR) is 87.1 cm³/mol. The summed E-state index contributed by atoms with van der Waals surface area (Å²) in [6, 6.07) is 7.75. The zero-order valence-electron chi connectivity index (χ0n) is 14.1. The van der Waals surface area contributed by atoms with Gasteiger partial charge in [0.25, 0.3) is 0 Å². The summed E-state index contributed by atoms with van der Waals surface area (Å²) in [6.45, 7) is 10.6. The fraction of sp³-hybridized carbons (Fsp3) is 0.588. The third kappa shape index (κ3) is 3.71. The lowest BCUT2D eigenvalue weighted by Crippen LogP contribution is -2.41. The average molecular weight is 304 g/mol. The highest BCUT2D eigenvalue weighted by Gasteiger charge is 2.51. The zero-order valence-corrected chi connectivity index (χ0v) is 14.1. The summed E-state index contributed by atoms with van der Waals surface area (Å²) < 4.78 is 17.1. The molecule has 1 heterocycles. The Morgan fingerprint density at radius 3 is 2.14 bits per heavy atom. The van der Waals surface area contributed by atoms with Crippen molar-refractivity contribution in [3.05, 3.63) is 29.8 Å². The molecule has 0 aliphatic carbocycles. The molecular formula is C17H25BO4. The van der Waals surface area contributed by atoms with Crippen molar-refractivity contribution in [3.63, 3.8) is 0 Å². The first-order valence-electron chi connectivity index (χ1n) is 7.85. The number of carbonyl (C=O) groups excluding carboxylic acids is 1. The van der Waals surface area contributed by atoms with Crippen molar-refractivity contribution in [3.8, 4) is 0 Å². The quantitative estimate of drug-likeness (QED) is 0.619. The van der Waals surface area contributed by atoms with Gasteiger partial charge in [0, 0.05) is 0 Å². The lowest BCUT2D eigenvalue weighted by atomic mass is 9.79. The Labute approximate surface area is 133 Å². The van der Waals surface area contributed by atoms with Gasteiger partial charge in [0.1, 0.15) is 0 Å². The van der Waals surface area contributed by atoms with Crippen LogP contribution in [-0.2, 0) is 25.3 Å². The van der Waals surface area contributed by atoms with Gasteiger partial charge in [0.2, 0.25) is 0 Å². The molecule has 0 radical (unpaired) electrons. The Hall–Kier alpha value is -1.33. The van der Waals surface area contributed by atoms with E-state index in [1.807, 2.05) is 58.9 Å². The number of rotatable bonds is 5. The summed E-state index contributed by atoms with van der Waals surface area (Å²) >= 11 is 0. The van der Waals surface area contributed by atoms with Crippen LogP contribution in [0.1, 0.15) is 46.6 Å². The van der Waals surface area contributed by atoms with Crippen molar-refractivity contribution in [2.24, 2.45) is 0 Å². The molecule has 4 nitrogen and oxygen atoms in total. The number of carbonyl (C=O) groups is 1. The van der Waals surface area contributed by atoms with E-state index < -0.39 is 0 Å². The molecule has 1 saturated heterocycles. The van der Waals surface area contributed by atoms with Crippen molar-refractivity contribution < 1.29 is 18.8 Å². The first kappa shape index (κ1) is 17.0. The van der Waals surface area contributed by atoms with Crippen molar-refractivity contribution in [2.75, 3.05) is 6.61 Å². The summed E-state index contributed by atoms with van der Waals surface area (Å²) in [7, 11) is -0.369. The highest BCUT2D eigenvalue weighted by atomic mass is 16.7. The second-order valence-corrected chi connectivity index (χ2v) is 6.73. The third-order valence-corrected chi connectivity index (χ3v) is 4.32. The van der Waals surface area contributed by atoms with Crippen LogP contribution in [0.5, 0.6) is 0 Å². The summed E-state index contributed by atoms with van der Waals surface area (Å²) in [5.41, 5.74) is 1.20. The van der Waals surface area contributed by atoms with E-state index >= 15 is 0 Å². The third-order valence-electron chi connectivity index (χ3n) is 4.32. The van der Waals surface area contributed by atoms with E-state index in [9.17, 15) is 4.79 Å². The van der Waals surface area contributed by atoms with Crippen LogP contribution < -0.4 is 5.46 Å². The molecule has 0 unspecified atom stereocenters. The van der Waals surface area contributed by atoms with E-state index in [0.29, 0.717) is 13.0 Å². The molecule has 0 saturated carbocycles. The zero-order chi connectivity index (χ0) is 16.4. The molecule has 0 spiro atoms. The fourth-order valence-electron chi connectivity index (χ4n) is 2.21. The smallest absolute Gasteiger partial charge is 0.465 e. The van der Waals surface area contributed by atoms with Gasteiger partial charge in [-0.25, -0.2) is 0 Å². The van der Waals surface area contributed by atoms with Crippen LogP contribution in [-0.4, -0.2) is 30.9 Å². The molecule has 2 rings (SSSR count). The van der Waals surface area contributed by atoms with E-state index in [-0.39, 0.29) is 24.3 Å². The maximum absolute atomic E-state index is 11.6. The van der Waals surface area contributed by atoms with E-state index in [4.69, 9.17) is 14.0 Å². The van der Waals surface area contributed by atoms with Gasteiger partial charge in [-0.1, -0.05) is 31.2 Å². The Morgan fingerprint density at radius 1 is 1.09 bits per heavy atom. The minimum Gasteiger partial charge on any atom is -0.465 e. The Bertz CT molecular complexity index is 506. The molecule has 1 aromatic carbocycles. The normalized spacial score (nSPS) is 19.2. The average Bonchev–Trinajstić information content (AvgIpc) is 2.66. The second-order valence-electron chi connectivity index (χ2n) is 6.73. The van der Waals surface area contributed by atoms with E-state index in [2.05, 4.69) is 0 Å². The SMILES string of the molecule is CCCOC(=O)Cc1ccc(B2OC(C)(C)C(C)(C)O2)cc1. The molecular weight excluding hydrogens is 279 g/mol. The molecule has 1 aliphatic rings. The van der Waals surface area contributed by atoms with Crippen molar-refractivity contribution >= 4 is 18.6 Å². The molecule has 0 aromatic heterocycles. The molecule has 22 heavy (non-hydrogen) atoms. The summed E-state index contributed by atoms with van der Waals surface area (Å²) in [5.74, 6) is -0.190. The number of hydrogen-bond donors (Lipinski definition) is 0. The first-order valence-corrected chi connectivity index (χ1v) is 7.85. The lowest BCUT2D eigenvalue weighted by molar-refractivity contribution is -0.142. The van der Waals surface area contributed by atoms with E-state index in [1.54, 1.807) is 0 Å². The highest BCUT2D eigenvalue weighted by Crippen LogP contribution is 2.36. The van der Waals surface area contributed by atoms with Gasteiger partial charge in [-0.15, -0.1) is 0 Å².